The highest BCUT2D eigenvalue weighted by Gasteiger charge is 2.05. The van der Waals surface area contributed by atoms with Gasteiger partial charge in [0.05, 0.1) is 17.2 Å². The van der Waals surface area contributed by atoms with Gasteiger partial charge < -0.3 is 9.90 Å². The predicted octanol–water partition coefficient (Wildman–Crippen LogP) is -0.155. The minimum atomic E-state index is -1.18. The Labute approximate surface area is 97.3 Å². The van der Waals surface area contributed by atoms with Crippen molar-refractivity contribution < 1.29 is 9.90 Å². The molecule has 17 heavy (non-hydrogen) atoms. The van der Waals surface area contributed by atoms with E-state index in [1.165, 1.54) is 10.9 Å². The van der Waals surface area contributed by atoms with Gasteiger partial charge in [-0.1, -0.05) is 12.1 Å². The third kappa shape index (κ3) is 2.18. The molecule has 88 valence electrons. The van der Waals surface area contributed by atoms with Gasteiger partial charge in [0, 0.05) is 18.9 Å². The molecule has 1 heterocycles. The van der Waals surface area contributed by atoms with Crippen molar-refractivity contribution >= 4 is 16.9 Å². The molecular formula is C12H11N2O3-. The molecule has 5 nitrogen and oxygen atoms in total. The number of nitrogens with zero attached hydrogens (tertiary/aromatic N) is 2. The number of carboxylic acids is 1. The molecule has 5 heteroatoms. The van der Waals surface area contributed by atoms with Crippen LogP contribution in [0.5, 0.6) is 0 Å². The van der Waals surface area contributed by atoms with E-state index in [0.29, 0.717) is 10.9 Å². The molecular weight excluding hydrogens is 220 g/mol. The van der Waals surface area contributed by atoms with E-state index in [9.17, 15) is 14.7 Å². The first-order valence-electron chi connectivity index (χ1n) is 5.24. The highest BCUT2D eigenvalue weighted by molar-refractivity contribution is 5.80. The summed E-state index contributed by atoms with van der Waals surface area (Å²) in [5.41, 5.74) is 1.36. The van der Waals surface area contributed by atoms with Crippen molar-refractivity contribution in [2.75, 3.05) is 0 Å². The first kappa shape index (κ1) is 11.3. The number of rotatable bonds is 3. The lowest BCUT2D eigenvalue weighted by molar-refractivity contribution is -0.305. The smallest absolute Gasteiger partial charge is 0.261 e. The van der Waals surface area contributed by atoms with Crippen LogP contribution in [-0.2, 0) is 11.3 Å². The Bertz CT molecular complexity index is 631. The quantitative estimate of drug-likeness (QED) is 0.736. The van der Waals surface area contributed by atoms with Crippen molar-refractivity contribution in [1.29, 1.82) is 0 Å². The van der Waals surface area contributed by atoms with Crippen molar-refractivity contribution in [3.63, 3.8) is 0 Å². The van der Waals surface area contributed by atoms with Crippen LogP contribution in [0.2, 0.25) is 0 Å². The first-order chi connectivity index (χ1) is 8.09. The first-order valence-corrected chi connectivity index (χ1v) is 5.24. The van der Waals surface area contributed by atoms with E-state index in [0.717, 1.165) is 5.56 Å². The summed E-state index contributed by atoms with van der Waals surface area (Å²) in [7, 11) is 0. The van der Waals surface area contributed by atoms with Crippen molar-refractivity contribution in [3.8, 4) is 0 Å². The average Bonchev–Trinajstić information content (AvgIpc) is 2.29. The lowest BCUT2D eigenvalue weighted by Crippen LogP contribution is -2.27. The maximum Gasteiger partial charge on any atom is 0.261 e. The Hall–Kier alpha value is -2.17. The predicted molar refractivity (Wildman–Crippen MR) is 60.4 cm³/mol. The molecule has 2 rings (SSSR count). The maximum absolute atomic E-state index is 12.0. The number of carbonyl (C=O) groups excluding carboxylic acids is 1. The Kier molecular flexibility index (Phi) is 2.91. The number of aliphatic carboxylic acids is 1. The molecule has 0 aliphatic carbocycles. The fourth-order valence-electron chi connectivity index (χ4n) is 1.71. The Morgan fingerprint density at radius 3 is 2.94 bits per heavy atom. The van der Waals surface area contributed by atoms with Gasteiger partial charge in [-0.15, -0.1) is 0 Å². The standard InChI is InChI=1S/C12H12N2O3/c1-8-3-2-4-9-11(8)13-7-14(12(9)17)6-5-10(15)16/h2-4,7H,5-6H2,1H3,(H,15,16)/p-1. The number of hydrogen-bond donors (Lipinski definition) is 0. The number of hydrogen-bond acceptors (Lipinski definition) is 4. The zero-order valence-corrected chi connectivity index (χ0v) is 9.34. The zero-order valence-electron chi connectivity index (χ0n) is 9.34. The van der Waals surface area contributed by atoms with Crippen LogP contribution < -0.4 is 10.7 Å². The van der Waals surface area contributed by atoms with Crippen molar-refractivity contribution in [3.05, 3.63) is 40.4 Å². The third-order valence-corrected chi connectivity index (χ3v) is 2.61. The Balaban J connectivity index is 2.51. The van der Waals surface area contributed by atoms with Gasteiger partial charge in [0.25, 0.3) is 5.56 Å². The summed E-state index contributed by atoms with van der Waals surface area (Å²) in [4.78, 5) is 26.5. The number of benzene rings is 1. The highest BCUT2D eigenvalue weighted by atomic mass is 16.4. The summed E-state index contributed by atoms with van der Waals surface area (Å²) in [5, 5.41) is 10.9. The molecule has 0 saturated carbocycles. The van der Waals surface area contributed by atoms with Crippen LogP contribution in [0, 0.1) is 6.92 Å². The summed E-state index contributed by atoms with van der Waals surface area (Å²) in [6.45, 7) is 1.96. The summed E-state index contributed by atoms with van der Waals surface area (Å²) in [5.74, 6) is -1.18. The van der Waals surface area contributed by atoms with E-state index < -0.39 is 5.97 Å². The van der Waals surface area contributed by atoms with Gasteiger partial charge in [-0.3, -0.25) is 9.36 Å². The number of carboxylic acid groups (broad SMARTS) is 1. The van der Waals surface area contributed by atoms with Crippen LogP contribution in [0.4, 0.5) is 0 Å². The number of aromatic nitrogens is 2. The second kappa shape index (κ2) is 4.37. The van der Waals surface area contributed by atoms with Crippen LogP contribution >= 0.6 is 0 Å². The van der Waals surface area contributed by atoms with Gasteiger partial charge in [0.1, 0.15) is 0 Å². The zero-order chi connectivity index (χ0) is 12.4. The lowest BCUT2D eigenvalue weighted by atomic mass is 10.1. The summed E-state index contributed by atoms with van der Waals surface area (Å²) >= 11 is 0. The molecule has 0 spiro atoms. The number of aryl methyl sites for hydroxylation is 2. The molecule has 0 unspecified atom stereocenters. The van der Waals surface area contributed by atoms with Gasteiger partial charge in [-0.2, -0.15) is 0 Å². The third-order valence-electron chi connectivity index (χ3n) is 2.61. The molecule has 1 aromatic heterocycles. The molecule has 1 aromatic carbocycles. The van der Waals surface area contributed by atoms with Crippen LogP contribution in [-0.4, -0.2) is 15.5 Å². The van der Waals surface area contributed by atoms with E-state index in [4.69, 9.17) is 0 Å². The van der Waals surface area contributed by atoms with E-state index in [1.54, 1.807) is 12.1 Å². The van der Waals surface area contributed by atoms with E-state index >= 15 is 0 Å². The summed E-state index contributed by atoms with van der Waals surface area (Å²) in [6.07, 6.45) is 1.18. The molecule has 0 bridgehead atoms. The van der Waals surface area contributed by atoms with E-state index in [1.807, 2.05) is 13.0 Å². The maximum atomic E-state index is 12.0. The minimum absolute atomic E-state index is 0.0814. The largest absolute Gasteiger partial charge is 0.550 e. The second-order valence-electron chi connectivity index (χ2n) is 3.84. The molecule has 0 atom stereocenters. The molecule has 0 fully saturated rings. The Morgan fingerprint density at radius 1 is 1.47 bits per heavy atom. The number of fused-ring (bicyclic) bond motifs is 1. The van der Waals surface area contributed by atoms with Crippen molar-refractivity contribution in [2.24, 2.45) is 0 Å². The van der Waals surface area contributed by atoms with Gasteiger partial charge >= 0.3 is 0 Å². The minimum Gasteiger partial charge on any atom is -0.550 e. The van der Waals surface area contributed by atoms with Crippen LogP contribution in [0.25, 0.3) is 10.9 Å². The monoisotopic (exact) mass is 231 g/mol. The topological polar surface area (TPSA) is 75.0 Å². The second-order valence-corrected chi connectivity index (χ2v) is 3.84. The van der Waals surface area contributed by atoms with Crippen molar-refractivity contribution in [1.82, 2.24) is 9.55 Å². The fourth-order valence-corrected chi connectivity index (χ4v) is 1.71. The molecule has 0 saturated heterocycles. The highest BCUT2D eigenvalue weighted by Crippen LogP contribution is 2.11. The van der Waals surface area contributed by atoms with Crippen molar-refractivity contribution in [2.45, 2.75) is 19.9 Å². The van der Waals surface area contributed by atoms with Gasteiger partial charge in [-0.05, 0) is 18.6 Å². The molecule has 0 amide bonds. The Morgan fingerprint density at radius 2 is 2.24 bits per heavy atom. The van der Waals surface area contributed by atoms with Crippen LogP contribution in [0.3, 0.4) is 0 Å². The van der Waals surface area contributed by atoms with Gasteiger partial charge in [0.2, 0.25) is 0 Å². The summed E-state index contributed by atoms with van der Waals surface area (Å²) < 4.78 is 1.29. The molecule has 0 radical (unpaired) electrons. The lowest BCUT2D eigenvalue weighted by Gasteiger charge is -2.07. The fraction of sp³-hybridized carbons (Fsp3) is 0.250. The number of para-hydroxylation sites is 1. The average molecular weight is 231 g/mol. The van der Waals surface area contributed by atoms with Gasteiger partial charge in [-0.25, -0.2) is 4.98 Å². The summed E-state index contributed by atoms with van der Waals surface area (Å²) in [6, 6.07) is 5.34. The van der Waals surface area contributed by atoms with Crippen LogP contribution in [0.1, 0.15) is 12.0 Å². The van der Waals surface area contributed by atoms with E-state index in [-0.39, 0.29) is 18.5 Å². The van der Waals surface area contributed by atoms with Gasteiger partial charge in [0.15, 0.2) is 0 Å². The molecule has 0 aliphatic heterocycles. The molecule has 0 N–H and O–H groups in total. The number of carbonyl (C=O) groups is 1. The SMILES string of the molecule is Cc1cccc2c(=O)n(CCC(=O)[O-])cnc12. The normalized spacial score (nSPS) is 10.6. The van der Waals surface area contributed by atoms with Crippen LogP contribution in [0.15, 0.2) is 29.3 Å². The molecule has 2 aromatic rings. The molecule has 0 aliphatic rings. The van der Waals surface area contributed by atoms with E-state index in [2.05, 4.69) is 4.98 Å².